The fourth-order valence-electron chi connectivity index (χ4n) is 1.91. The molecule has 0 atom stereocenters. The summed E-state index contributed by atoms with van der Waals surface area (Å²) >= 11 is 0. The standard InChI is InChI=1S/C15H12F3NO2/c16-11-5-12(17)14(13(18)6-11)15(21)19-7-9-3-1-2-4-10(9)8-20/h1-6,20H,7-8H2,(H,19,21). The number of aliphatic hydroxyl groups excluding tert-OH is 1. The first-order chi connectivity index (χ1) is 10.0. The Hall–Kier alpha value is -2.34. The van der Waals surface area contributed by atoms with Crippen LogP contribution in [-0.2, 0) is 13.2 Å². The van der Waals surface area contributed by atoms with Crippen molar-refractivity contribution in [2.75, 3.05) is 0 Å². The molecule has 2 N–H and O–H groups in total. The molecular weight excluding hydrogens is 283 g/mol. The average Bonchev–Trinajstić information content (AvgIpc) is 2.44. The van der Waals surface area contributed by atoms with E-state index in [0.717, 1.165) is 0 Å². The molecule has 0 saturated carbocycles. The first-order valence-electron chi connectivity index (χ1n) is 6.13. The van der Waals surface area contributed by atoms with Gasteiger partial charge in [-0.3, -0.25) is 4.79 Å². The zero-order valence-electron chi connectivity index (χ0n) is 10.9. The van der Waals surface area contributed by atoms with E-state index in [2.05, 4.69) is 5.32 Å². The van der Waals surface area contributed by atoms with E-state index in [0.29, 0.717) is 23.3 Å². The summed E-state index contributed by atoms with van der Waals surface area (Å²) in [7, 11) is 0. The first-order valence-corrected chi connectivity index (χ1v) is 6.13. The summed E-state index contributed by atoms with van der Waals surface area (Å²) in [4.78, 5) is 11.8. The highest BCUT2D eigenvalue weighted by Gasteiger charge is 2.18. The van der Waals surface area contributed by atoms with Gasteiger partial charge in [-0.25, -0.2) is 13.2 Å². The summed E-state index contributed by atoms with van der Waals surface area (Å²) < 4.78 is 39.7. The van der Waals surface area contributed by atoms with Gasteiger partial charge in [0, 0.05) is 18.7 Å². The Morgan fingerprint density at radius 2 is 1.62 bits per heavy atom. The van der Waals surface area contributed by atoms with Crippen molar-refractivity contribution in [3.05, 3.63) is 70.5 Å². The highest BCUT2D eigenvalue weighted by atomic mass is 19.1. The summed E-state index contributed by atoms with van der Waals surface area (Å²) in [6.07, 6.45) is 0. The van der Waals surface area contributed by atoms with Crippen LogP contribution in [0.25, 0.3) is 0 Å². The zero-order chi connectivity index (χ0) is 15.4. The first kappa shape index (κ1) is 15.1. The van der Waals surface area contributed by atoms with E-state index in [1.807, 2.05) is 0 Å². The van der Waals surface area contributed by atoms with Gasteiger partial charge >= 0.3 is 0 Å². The van der Waals surface area contributed by atoms with Gasteiger partial charge in [0.05, 0.1) is 6.61 Å². The molecule has 0 heterocycles. The van der Waals surface area contributed by atoms with E-state index in [4.69, 9.17) is 5.11 Å². The van der Waals surface area contributed by atoms with Crippen molar-refractivity contribution in [3.63, 3.8) is 0 Å². The molecule has 0 aromatic heterocycles. The monoisotopic (exact) mass is 295 g/mol. The van der Waals surface area contributed by atoms with Crippen molar-refractivity contribution < 1.29 is 23.1 Å². The second-order valence-corrected chi connectivity index (χ2v) is 4.35. The van der Waals surface area contributed by atoms with Crippen LogP contribution in [0.1, 0.15) is 21.5 Å². The largest absolute Gasteiger partial charge is 0.392 e. The molecular formula is C15H12F3NO2. The number of benzene rings is 2. The molecule has 0 fully saturated rings. The molecule has 0 aliphatic heterocycles. The summed E-state index contributed by atoms with van der Waals surface area (Å²) in [6, 6.07) is 7.65. The number of hydrogen-bond acceptors (Lipinski definition) is 2. The highest BCUT2D eigenvalue weighted by molar-refractivity contribution is 5.94. The van der Waals surface area contributed by atoms with Crippen LogP contribution in [0.2, 0.25) is 0 Å². The van der Waals surface area contributed by atoms with Gasteiger partial charge in [0.2, 0.25) is 0 Å². The van der Waals surface area contributed by atoms with E-state index < -0.39 is 28.9 Å². The van der Waals surface area contributed by atoms with Crippen LogP contribution >= 0.6 is 0 Å². The van der Waals surface area contributed by atoms with Crippen molar-refractivity contribution in [1.82, 2.24) is 5.32 Å². The SMILES string of the molecule is O=C(NCc1ccccc1CO)c1c(F)cc(F)cc1F. The van der Waals surface area contributed by atoms with E-state index in [1.165, 1.54) is 0 Å². The lowest BCUT2D eigenvalue weighted by Gasteiger charge is -2.10. The topological polar surface area (TPSA) is 49.3 Å². The van der Waals surface area contributed by atoms with Crippen molar-refractivity contribution >= 4 is 5.91 Å². The van der Waals surface area contributed by atoms with Crippen molar-refractivity contribution in [3.8, 4) is 0 Å². The molecule has 0 radical (unpaired) electrons. The third-order valence-electron chi connectivity index (χ3n) is 2.96. The molecule has 0 bridgehead atoms. The summed E-state index contributed by atoms with van der Waals surface area (Å²) in [5.41, 5.74) is 0.381. The summed E-state index contributed by atoms with van der Waals surface area (Å²) in [5.74, 6) is -4.61. The Balaban J connectivity index is 2.16. The van der Waals surface area contributed by atoms with Gasteiger partial charge in [0.15, 0.2) is 0 Å². The fraction of sp³-hybridized carbons (Fsp3) is 0.133. The number of amides is 1. The molecule has 0 aliphatic carbocycles. The Morgan fingerprint density at radius 1 is 1.05 bits per heavy atom. The fourth-order valence-corrected chi connectivity index (χ4v) is 1.91. The molecule has 0 spiro atoms. The number of carbonyl (C=O) groups excluding carboxylic acids is 1. The second-order valence-electron chi connectivity index (χ2n) is 4.35. The van der Waals surface area contributed by atoms with Gasteiger partial charge < -0.3 is 10.4 Å². The van der Waals surface area contributed by atoms with Crippen molar-refractivity contribution in [2.45, 2.75) is 13.2 Å². The van der Waals surface area contributed by atoms with Crippen molar-refractivity contribution in [1.29, 1.82) is 0 Å². The van der Waals surface area contributed by atoms with Crippen molar-refractivity contribution in [2.24, 2.45) is 0 Å². The highest BCUT2D eigenvalue weighted by Crippen LogP contribution is 2.15. The lowest BCUT2D eigenvalue weighted by Crippen LogP contribution is -2.25. The van der Waals surface area contributed by atoms with E-state index in [1.54, 1.807) is 24.3 Å². The second kappa shape index (κ2) is 6.41. The maximum Gasteiger partial charge on any atom is 0.257 e. The lowest BCUT2D eigenvalue weighted by atomic mass is 10.1. The number of aliphatic hydroxyl groups is 1. The van der Waals surface area contributed by atoms with Crippen LogP contribution in [0, 0.1) is 17.5 Å². The minimum absolute atomic E-state index is 0.00811. The number of hydrogen-bond donors (Lipinski definition) is 2. The molecule has 3 nitrogen and oxygen atoms in total. The third kappa shape index (κ3) is 3.41. The molecule has 2 rings (SSSR count). The van der Waals surface area contributed by atoms with Crippen LogP contribution in [0.15, 0.2) is 36.4 Å². The molecule has 0 aliphatic rings. The number of halogens is 3. The van der Waals surface area contributed by atoms with Gasteiger partial charge in [-0.15, -0.1) is 0 Å². The summed E-state index contributed by atoms with van der Waals surface area (Å²) in [6.45, 7) is -0.225. The van der Waals surface area contributed by atoms with Gasteiger partial charge in [-0.2, -0.15) is 0 Å². The molecule has 0 unspecified atom stereocenters. The summed E-state index contributed by atoms with van der Waals surface area (Å²) in [5, 5.41) is 11.5. The Bertz CT molecular complexity index is 651. The Labute approximate surface area is 119 Å². The minimum Gasteiger partial charge on any atom is -0.392 e. The third-order valence-corrected chi connectivity index (χ3v) is 2.96. The molecule has 2 aromatic rings. The number of nitrogens with one attached hydrogen (secondary N) is 1. The maximum atomic E-state index is 13.5. The predicted molar refractivity (Wildman–Crippen MR) is 69.9 cm³/mol. The molecule has 2 aromatic carbocycles. The number of carbonyl (C=O) groups is 1. The zero-order valence-corrected chi connectivity index (χ0v) is 10.9. The minimum atomic E-state index is -1.26. The Morgan fingerprint density at radius 3 is 2.19 bits per heavy atom. The van der Waals surface area contributed by atoms with Crippen LogP contribution in [0.4, 0.5) is 13.2 Å². The van der Waals surface area contributed by atoms with Crippen LogP contribution in [0.3, 0.4) is 0 Å². The molecule has 1 amide bonds. The molecule has 0 saturated heterocycles. The molecule has 21 heavy (non-hydrogen) atoms. The normalized spacial score (nSPS) is 10.5. The van der Waals surface area contributed by atoms with Gasteiger partial charge in [0.1, 0.15) is 23.0 Å². The van der Waals surface area contributed by atoms with E-state index in [9.17, 15) is 18.0 Å². The van der Waals surface area contributed by atoms with E-state index >= 15 is 0 Å². The molecule has 110 valence electrons. The maximum absolute atomic E-state index is 13.5. The van der Waals surface area contributed by atoms with Crippen LogP contribution in [0.5, 0.6) is 0 Å². The average molecular weight is 295 g/mol. The Kier molecular flexibility index (Phi) is 4.59. The molecule has 6 heteroatoms. The number of rotatable bonds is 4. The van der Waals surface area contributed by atoms with Crippen LogP contribution < -0.4 is 5.32 Å². The van der Waals surface area contributed by atoms with Gasteiger partial charge in [-0.05, 0) is 11.1 Å². The van der Waals surface area contributed by atoms with E-state index in [-0.39, 0.29) is 13.2 Å². The van der Waals surface area contributed by atoms with Gasteiger partial charge in [0.25, 0.3) is 5.91 Å². The smallest absolute Gasteiger partial charge is 0.257 e. The quantitative estimate of drug-likeness (QED) is 0.910. The lowest BCUT2D eigenvalue weighted by molar-refractivity contribution is 0.0942. The van der Waals surface area contributed by atoms with Crippen LogP contribution in [-0.4, -0.2) is 11.0 Å². The predicted octanol–water partition coefficient (Wildman–Crippen LogP) is 2.53. The van der Waals surface area contributed by atoms with Gasteiger partial charge in [-0.1, -0.05) is 24.3 Å².